The van der Waals surface area contributed by atoms with E-state index in [-0.39, 0.29) is 12.4 Å². The zero-order chi connectivity index (χ0) is 7.72. The molecule has 0 aromatic rings. The molecule has 3 atom stereocenters. The van der Waals surface area contributed by atoms with E-state index in [0.29, 0.717) is 0 Å². The fraction of sp³-hybridized carbons (Fsp3) is 1.00. The molecular formula is C9H20ClN. The van der Waals surface area contributed by atoms with Crippen LogP contribution in [0.15, 0.2) is 0 Å². The maximum Gasteiger partial charge on any atom is 0.00897 e. The van der Waals surface area contributed by atoms with Gasteiger partial charge in [-0.15, -0.1) is 12.4 Å². The van der Waals surface area contributed by atoms with Gasteiger partial charge in [-0.2, -0.15) is 0 Å². The van der Waals surface area contributed by atoms with Gasteiger partial charge >= 0.3 is 0 Å². The van der Waals surface area contributed by atoms with E-state index < -0.39 is 0 Å². The Morgan fingerprint density at radius 2 is 1.73 bits per heavy atom. The Labute approximate surface area is 76.6 Å². The summed E-state index contributed by atoms with van der Waals surface area (Å²) < 4.78 is 0. The van der Waals surface area contributed by atoms with Gasteiger partial charge in [-0.05, 0) is 32.2 Å². The topological polar surface area (TPSA) is 3.24 Å². The second-order valence-corrected chi connectivity index (χ2v) is 4.00. The summed E-state index contributed by atoms with van der Waals surface area (Å²) in [6.07, 6.45) is 1.41. The van der Waals surface area contributed by atoms with Crippen LogP contribution in [0.25, 0.3) is 0 Å². The minimum atomic E-state index is 0. The second-order valence-electron chi connectivity index (χ2n) is 4.00. The third-order valence-electron chi connectivity index (χ3n) is 2.89. The minimum absolute atomic E-state index is 0. The van der Waals surface area contributed by atoms with Gasteiger partial charge in [-0.3, -0.25) is 0 Å². The maximum absolute atomic E-state index is 2.47. The molecule has 68 valence electrons. The van der Waals surface area contributed by atoms with Gasteiger partial charge < -0.3 is 4.90 Å². The lowest BCUT2D eigenvalue weighted by atomic mass is 9.86. The van der Waals surface area contributed by atoms with Crippen molar-refractivity contribution in [1.82, 2.24) is 4.90 Å². The lowest BCUT2D eigenvalue weighted by molar-refractivity contribution is 0.106. The van der Waals surface area contributed by atoms with Crippen LogP contribution in [0.3, 0.4) is 0 Å². The van der Waals surface area contributed by atoms with E-state index in [0.717, 1.165) is 17.9 Å². The maximum atomic E-state index is 2.47. The van der Waals surface area contributed by atoms with Crippen molar-refractivity contribution in [2.24, 2.45) is 11.8 Å². The number of piperidine rings is 1. The van der Waals surface area contributed by atoms with Crippen molar-refractivity contribution in [1.29, 1.82) is 0 Å². The molecule has 1 fully saturated rings. The van der Waals surface area contributed by atoms with Crippen LogP contribution in [0.1, 0.15) is 27.2 Å². The van der Waals surface area contributed by atoms with Gasteiger partial charge in [-0.25, -0.2) is 0 Å². The third kappa shape index (κ3) is 2.64. The van der Waals surface area contributed by atoms with Gasteiger partial charge in [0.1, 0.15) is 0 Å². The molecule has 0 N–H and O–H groups in total. The van der Waals surface area contributed by atoms with E-state index in [1.54, 1.807) is 0 Å². The van der Waals surface area contributed by atoms with E-state index in [1.165, 1.54) is 13.0 Å². The highest BCUT2D eigenvalue weighted by Crippen LogP contribution is 2.24. The van der Waals surface area contributed by atoms with Crippen LogP contribution in [-0.2, 0) is 0 Å². The van der Waals surface area contributed by atoms with Crippen molar-refractivity contribution in [2.75, 3.05) is 13.6 Å². The molecule has 0 aromatic carbocycles. The van der Waals surface area contributed by atoms with Crippen molar-refractivity contribution in [3.63, 3.8) is 0 Å². The van der Waals surface area contributed by atoms with E-state index in [1.807, 2.05) is 0 Å². The molecule has 1 rings (SSSR count). The van der Waals surface area contributed by atoms with Gasteiger partial charge in [0.05, 0.1) is 0 Å². The van der Waals surface area contributed by atoms with E-state index in [9.17, 15) is 0 Å². The number of nitrogens with zero attached hydrogens (tertiary/aromatic N) is 1. The van der Waals surface area contributed by atoms with Crippen LogP contribution in [0.2, 0.25) is 0 Å². The third-order valence-corrected chi connectivity index (χ3v) is 2.89. The zero-order valence-electron chi connectivity index (χ0n) is 8.00. The van der Waals surface area contributed by atoms with Crippen molar-refractivity contribution in [2.45, 2.75) is 33.2 Å². The monoisotopic (exact) mass is 177 g/mol. The second kappa shape index (κ2) is 4.32. The molecule has 0 spiro atoms. The predicted molar refractivity (Wildman–Crippen MR) is 52.3 cm³/mol. The predicted octanol–water partition coefficient (Wildman–Crippen LogP) is 2.40. The number of halogens is 1. The van der Waals surface area contributed by atoms with Crippen molar-refractivity contribution >= 4 is 12.4 Å². The van der Waals surface area contributed by atoms with E-state index in [2.05, 4.69) is 32.7 Å². The SMILES string of the molecule is CC1CC(C)C(C)N(C)C1.Cl. The summed E-state index contributed by atoms with van der Waals surface area (Å²) in [6.45, 7) is 8.32. The van der Waals surface area contributed by atoms with Crippen LogP contribution in [-0.4, -0.2) is 24.5 Å². The van der Waals surface area contributed by atoms with Crippen molar-refractivity contribution < 1.29 is 0 Å². The highest BCUT2D eigenvalue weighted by molar-refractivity contribution is 5.85. The lowest BCUT2D eigenvalue weighted by Gasteiger charge is -2.38. The van der Waals surface area contributed by atoms with Crippen molar-refractivity contribution in [3.05, 3.63) is 0 Å². The van der Waals surface area contributed by atoms with E-state index in [4.69, 9.17) is 0 Å². The van der Waals surface area contributed by atoms with Gasteiger partial charge in [0.15, 0.2) is 0 Å². The molecule has 1 saturated heterocycles. The van der Waals surface area contributed by atoms with Crippen LogP contribution < -0.4 is 0 Å². The molecule has 3 unspecified atom stereocenters. The summed E-state index contributed by atoms with van der Waals surface area (Å²) in [5.74, 6) is 1.78. The highest BCUT2D eigenvalue weighted by atomic mass is 35.5. The Kier molecular flexibility index (Phi) is 4.42. The molecule has 0 aromatic heterocycles. The van der Waals surface area contributed by atoms with Crippen LogP contribution in [0.5, 0.6) is 0 Å². The molecule has 0 amide bonds. The Hall–Kier alpha value is 0.250. The number of rotatable bonds is 0. The average Bonchev–Trinajstić information content (AvgIpc) is 1.82. The summed E-state index contributed by atoms with van der Waals surface area (Å²) in [5.41, 5.74) is 0. The van der Waals surface area contributed by atoms with Crippen LogP contribution in [0.4, 0.5) is 0 Å². The fourth-order valence-corrected chi connectivity index (χ4v) is 2.00. The number of likely N-dealkylation sites (tertiary alicyclic amines) is 1. The first-order valence-electron chi connectivity index (χ1n) is 4.31. The normalized spacial score (nSPS) is 39.8. The summed E-state index contributed by atoms with van der Waals surface area (Å²) in [4.78, 5) is 2.47. The quantitative estimate of drug-likeness (QED) is 0.550. The Morgan fingerprint density at radius 3 is 2.18 bits per heavy atom. The van der Waals surface area contributed by atoms with Gasteiger partial charge in [-0.1, -0.05) is 13.8 Å². The number of hydrogen-bond acceptors (Lipinski definition) is 1. The first kappa shape index (κ1) is 11.2. The Bertz CT molecular complexity index is 104. The summed E-state index contributed by atoms with van der Waals surface area (Å²) >= 11 is 0. The zero-order valence-corrected chi connectivity index (χ0v) is 8.82. The first-order valence-corrected chi connectivity index (χ1v) is 4.31. The van der Waals surface area contributed by atoms with Gasteiger partial charge in [0.2, 0.25) is 0 Å². The molecule has 0 aliphatic carbocycles. The lowest BCUT2D eigenvalue weighted by Crippen LogP contribution is -2.42. The Balaban J connectivity index is 0.000001000. The molecule has 1 nitrogen and oxygen atoms in total. The summed E-state index contributed by atoms with van der Waals surface area (Å²) in [7, 11) is 2.23. The molecule has 2 heteroatoms. The van der Waals surface area contributed by atoms with E-state index >= 15 is 0 Å². The first-order chi connectivity index (χ1) is 4.61. The highest BCUT2D eigenvalue weighted by Gasteiger charge is 2.25. The summed E-state index contributed by atoms with van der Waals surface area (Å²) in [5, 5.41) is 0. The fourth-order valence-electron chi connectivity index (χ4n) is 2.00. The average molecular weight is 178 g/mol. The molecule has 0 saturated carbocycles. The number of hydrogen-bond donors (Lipinski definition) is 0. The van der Waals surface area contributed by atoms with Crippen LogP contribution >= 0.6 is 12.4 Å². The molecule has 1 aliphatic rings. The molecular weight excluding hydrogens is 158 g/mol. The Morgan fingerprint density at radius 1 is 1.18 bits per heavy atom. The van der Waals surface area contributed by atoms with Gasteiger partial charge in [0.25, 0.3) is 0 Å². The molecule has 1 heterocycles. The molecule has 1 aliphatic heterocycles. The minimum Gasteiger partial charge on any atom is -0.303 e. The molecule has 11 heavy (non-hydrogen) atoms. The largest absolute Gasteiger partial charge is 0.303 e. The summed E-state index contributed by atoms with van der Waals surface area (Å²) in [6, 6.07) is 0.788. The van der Waals surface area contributed by atoms with Gasteiger partial charge in [0, 0.05) is 12.6 Å². The molecule has 0 bridgehead atoms. The van der Waals surface area contributed by atoms with Crippen molar-refractivity contribution in [3.8, 4) is 0 Å². The standard InChI is InChI=1S/C9H19N.ClH/c1-7-5-8(2)9(3)10(4)6-7;/h7-9H,5-6H2,1-4H3;1H. The van der Waals surface area contributed by atoms with Crippen LogP contribution in [0, 0.1) is 11.8 Å². The smallest absolute Gasteiger partial charge is 0.00897 e. The molecule has 0 radical (unpaired) electrons.